The Balaban J connectivity index is 2.07. The highest BCUT2D eigenvalue weighted by atomic mass is 16.5. The van der Waals surface area contributed by atoms with Crippen molar-refractivity contribution in [1.82, 2.24) is 10.2 Å². The van der Waals surface area contributed by atoms with Gasteiger partial charge in [0.1, 0.15) is 0 Å². The van der Waals surface area contributed by atoms with Crippen LogP contribution in [0.1, 0.15) is 37.4 Å². The van der Waals surface area contributed by atoms with Gasteiger partial charge in [-0.3, -0.25) is 0 Å². The Bertz CT molecular complexity index is 306. The Kier molecular flexibility index (Phi) is 3.16. The first-order valence-corrected chi connectivity index (χ1v) is 5.44. The molecular weight excluding hydrogens is 190 g/mol. The average molecular weight is 207 g/mol. The van der Waals surface area contributed by atoms with Gasteiger partial charge >= 0.3 is 0 Å². The van der Waals surface area contributed by atoms with Crippen molar-refractivity contribution in [2.24, 2.45) is 11.7 Å². The molecule has 1 aliphatic carbocycles. The number of nitrogens with zero attached hydrogens (tertiary/aromatic N) is 2. The first-order chi connectivity index (χ1) is 7.31. The molecule has 1 aromatic rings. The van der Waals surface area contributed by atoms with Crippen LogP contribution in [0.2, 0.25) is 0 Å². The van der Waals surface area contributed by atoms with Crippen LogP contribution >= 0.6 is 0 Å². The molecule has 0 spiro atoms. The van der Waals surface area contributed by atoms with Crippen LogP contribution in [0.15, 0.2) is 12.1 Å². The maximum absolute atomic E-state index is 6.15. The van der Waals surface area contributed by atoms with Gasteiger partial charge in [-0.05, 0) is 24.8 Å². The average Bonchev–Trinajstić information content (AvgIpc) is 2.82. The van der Waals surface area contributed by atoms with Crippen LogP contribution < -0.4 is 10.5 Å². The molecule has 1 aliphatic rings. The summed E-state index contributed by atoms with van der Waals surface area (Å²) in [4.78, 5) is 0. The van der Waals surface area contributed by atoms with Crippen molar-refractivity contribution in [1.29, 1.82) is 0 Å². The summed E-state index contributed by atoms with van der Waals surface area (Å²) in [5, 5.41) is 8.03. The van der Waals surface area contributed by atoms with Crippen LogP contribution in [0.5, 0.6) is 5.88 Å². The molecule has 0 amide bonds. The molecule has 1 fully saturated rings. The van der Waals surface area contributed by atoms with Crippen LogP contribution in [0.3, 0.4) is 0 Å². The van der Waals surface area contributed by atoms with E-state index < -0.39 is 0 Å². The topological polar surface area (TPSA) is 61.0 Å². The molecule has 0 radical (unpaired) electrons. The number of methoxy groups -OCH3 is 1. The van der Waals surface area contributed by atoms with Gasteiger partial charge in [0.15, 0.2) is 0 Å². The van der Waals surface area contributed by atoms with Crippen molar-refractivity contribution in [3.05, 3.63) is 17.8 Å². The van der Waals surface area contributed by atoms with Gasteiger partial charge in [-0.2, -0.15) is 5.10 Å². The second-order valence-electron chi connectivity index (χ2n) is 4.07. The zero-order valence-electron chi connectivity index (χ0n) is 9.02. The van der Waals surface area contributed by atoms with Gasteiger partial charge < -0.3 is 10.5 Å². The van der Waals surface area contributed by atoms with E-state index in [0.717, 1.165) is 5.69 Å². The summed E-state index contributed by atoms with van der Waals surface area (Å²) in [5.41, 5.74) is 7.03. The minimum Gasteiger partial charge on any atom is -0.480 e. The van der Waals surface area contributed by atoms with E-state index in [9.17, 15) is 0 Å². The monoisotopic (exact) mass is 207 g/mol. The number of ether oxygens (including phenoxy) is 1. The molecule has 1 saturated carbocycles. The largest absolute Gasteiger partial charge is 0.480 e. The van der Waals surface area contributed by atoms with E-state index in [-0.39, 0.29) is 6.04 Å². The quantitative estimate of drug-likeness (QED) is 0.819. The van der Waals surface area contributed by atoms with E-state index in [2.05, 4.69) is 10.2 Å². The highest BCUT2D eigenvalue weighted by molar-refractivity contribution is 5.14. The van der Waals surface area contributed by atoms with Gasteiger partial charge in [-0.1, -0.05) is 12.8 Å². The van der Waals surface area contributed by atoms with E-state index in [1.807, 2.05) is 12.1 Å². The fourth-order valence-electron chi connectivity index (χ4n) is 2.17. The molecule has 4 nitrogen and oxygen atoms in total. The number of rotatable bonds is 3. The lowest BCUT2D eigenvalue weighted by molar-refractivity contribution is 0.385. The van der Waals surface area contributed by atoms with Gasteiger partial charge in [-0.15, -0.1) is 5.10 Å². The number of hydrogen-bond acceptors (Lipinski definition) is 4. The first-order valence-electron chi connectivity index (χ1n) is 5.44. The highest BCUT2D eigenvalue weighted by Crippen LogP contribution is 2.33. The molecule has 1 unspecified atom stereocenters. The van der Waals surface area contributed by atoms with E-state index in [1.54, 1.807) is 7.11 Å². The lowest BCUT2D eigenvalue weighted by Crippen LogP contribution is -2.20. The lowest BCUT2D eigenvalue weighted by atomic mass is 9.96. The standard InChI is InChI=1S/C11H17N3O/c1-15-10-7-6-9(13-14-10)11(12)8-4-2-3-5-8/h6-8,11H,2-5,12H2,1H3. The third-order valence-electron chi connectivity index (χ3n) is 3.12. The fourth-order valence-corrected chi connectivity index (χ4v) is 2.17. The molecule has 2 rings (SSSR count). The first kappa shape index (κ1) is 10.4. The fraction of sp³-hybridized carbons (Fsp3) is 0.636. The van der Waals surface area contributed by atoms with Gasteiger partial charge in [0.25, 0.3) is 0 Å². The summed E-state index contributed by atoms with van der Waals surface area (Å²) >= 11 is 0. The van der Waals surface area contributed by atoms with Crippen molar-refractivity contribution in [2.45, 2.75) is 31.7 Å². The summed E-state index contributed by atoms with van der Waals surface area (Å²) in [6.45, 7) is 0. The van der Waals surface area contributed by atoms with Gasteiger partial charge in [0.05, 0.1) is 18.8 Å². The Morgan fingerprint density at radius 3 is 2.60 bits per heavy atom. The zero-order valence-corrected chi connectivity index (χ0v) is 9.02. The smallest absolute Gasteiger partial charge is 0.233 e. The third-order valence-corrected chi connectivity index (χ3v) is 3.12. The molecule has 0 saturated heterocycles. The Hall–Kier alpha value is -1.16. The molecule has 1 atom stereocenters. The van der Waals surface area contributed by atoms with E-state index >= 15 is 0 Å². The molecule has 0 bridgehead atoms. The van der Waals surface area contributed by atoms with Crippen LogP contribution in [-0.4, -0.2) is 17.3 Å². The molecule has 82 valence electrons. The number of hydrogen-bond donors (Lipinski definition) is 1. The van der Waals surface area contributed by atoms with Crippen molar-refractivity contribution >= 4 is 0 Å². The normalized spacial score (nSPS) is 19.1. The molecule has 4 heteroatoms. The molecule has 1 aromatic heterocycles. The predicted octanol–water partition coefficient (Wildman–Crippen LogP) is 1.68. The molecule has 0 aromatic carbocycles. The van der Waals surface area contributed by atoms with E-state index in [1.165, 1.54) is 25.7 Å². The summed E-state index contributed by atoms with van der Waals surface area (Å²) < 4.78 is 4.96. The van der Waals surface area contributed by atoms with Crippen molar-refractivity contribution < 1.29 is 4.74 Å². The highest BCUT2D eigenvalue weighted by Gasteiger charge is 2.24. The minimum atomic E-state index is 0.0332. The van der Waals surface area contributed by atoms with Gasteiger partial charge in [-0.25, -0.2) is 0 Å². The number of aromatic nitrogens is 2. The van der Waals surface area contributed by atoms with Crippen LogP contribution in [-0.2, 0) is 0 Å². The van der Waals surface area contributed by atoms with Crippen LogP contribution in [0.25, 0.3) is 0 Å². The summed E-state index contributed by atoms with van der Waals surface area (Å²) in [6.07, 6.45) is 5.02. The molecule has 0 aliphatic heterocycles. The van der Waals surface area contributed by atoms with Crippen molar-refractivity contribution in [3.63, 3.8) is 0 Å². The SMILES string of the molecule is COc1ccc(C(N)C2CCCC2)nn1. The van der Waals surface area contributed by atoms with E-state index in [4.69, 9.17) is 10.5 Å². The summed E-state index contributed by atoms with van der Waals surface area (Å²) in [7, 11) is 1.58. The van der Waals surface area contributed by atoms with Crippen molar-refractivity contribution in [2.75, 3.05) is 7.11 Å². The Morgan fingerprint density at radius 1 is 1.33 bits per heavy atom. The lowest BCUT2D eigenvalue weighted by Gasteiger charge is -2.17. The van der Waals surface area contributed by atoms with E-state index in [0.29, 0.717) is 11.8 Å². The Labute approximate surface area is 89.8 Å². The van der Waals surface area contributed by atoms with Gasteiger partial charge in [0.2, 0.25) is 5.88 Å². The van der Waals surface area contributed by atoms with Crippen molar-refractivity contribution in [3.8, 4) is 5.88 Å². The molecule has 15 heavy (non-hydrogen) atoms. The molecular formula is C11H17N3O. The Morgan fingerprint density at radius 2 is 2.07 bits per heavy atom. The number of nitrogens with two attached hydrogens (primary N) is 1. The second kappa shape index (κ2) is 4.57. The van der Waals surface area contributed by atoms with Crippen LogP contribution in [0, 0.1) is 5.92 Å². The maximum atomic E-state index is 6.15. The maximum Gasteiger partial charge on any atom is 0.233 e. The summed E-state index contributed by atoms with van der Waals surface area (Å²) in [6, 6.07) is 3.76. The summed E-state index contributed by atoms with van der Waals surface area (Å²) in [5.74, 6) is 1.12. The zero-order chi connectivity index (χ0) is 10.7. The predicted molar refractivity (Wildman–Crippen MR) is 57.5 cm³/mol. The third kappa shape index (κ3) is 2.26. The molecule has 1 heterocycles. The second-order valence-corrected chi connectivity index (χ2v) is 4.07. The van der Waals surface area contributed by atoms with Gasteiger partial charge in [0, 0.05) is 6.07 Å². The van der Waals surface area contributed by atoms with Crippen LogP contribution in [0.4, 0.5) is 0 Å². The molecule has 2 N–H and O–H groups in total. The minimum absolute atomic E-state index is 0.0332.